The van der Waals surface area contributed by atoms with Crippen molar-refractivity contribution >= 4 is 23.2 Å². The summed E-state index contributed by atoms with van der Waals surface area (Å²) in [4.78, 5) is 26.0. The maximum atomic E-state index is 12.2. The fourth-order valence-corrected chi connectivity index (χ4v) is 3.27. The third-order valence-corrected chi connectivity index (χ3v) is 4.90. The first kappa shape index (κ1) is 15.8. The molecule has 124 valence electrons. The van der Waals surface area contributed by atoms with Crippen molar-refractivity contribution in [1.82, 2.24) is 5.32 Å². The van der Waals surface area contributed by atoms with E-state index in [9.17, 15) is 9.59 Å². The molecule has 5 heteroatoms. The number of carbonyl (C=O) groups excluding carboxylic acids is 2. The standard InChI is InChI=1S/C18H25N3O2/c1-13-7-10-21(11-8-13)16-4-2-15(3-5-16)20-18(23)14-6-9-19-17(22)12-14/h2-5,13-14H,6-12H2,1H3,(H,19,22)(H,20,23). The molecule has 23 heavy (non-hydrogen) atoms. The van der Waals surface area contributed by atoms with Gasteiger partial charge in [0.25, 0.3) is 0 Å². The predicted molar refractivity (Wildman–Crippen MR) is 91.4 cm³/mol. The van der Waals surface area contributed by atoms with Crippen molar-refractivity contribution in [3.63, 3.8) is 0 Å². The molecule has 1 unspecified atom stereocenters. The minimum atomic E-state index is -0.216. The molecule has 1 aromatic carbocycles. The lowest BCUT2D eigenvalue weighted by Gasteiger charge is -2.32. The number of nitrogens with zero attached hydrogens (tertiary/aromatic N) is 1. The molecule has 3 rings (SSSR count). The molecule has 0 bridgehead atoms. The number of hydrogen-bond donors (Lipinski definition) is 2. The van der Waals surface area contributed by atoms with Crippen LogP contribution in [0.1, 0.15) is 32.6 Å². The molecule has 2 saturated heterocycles. The van der Waals surface area contributed by atoms with Gasteiger partial charge in [-0.15, -0.1) is 0 Å². The number of rotatable bonds is 3. The van der Waals surface area contributed by atoms with Crippen LogP contribution in [-0.4, -0.2) is 31.4 Å². The van der Waals surface area contributed by atoms with Crippen molar-refractivity contribution in [2.45, 2.75) is 32.6 Å². The fraction of sp³-hybridized carbons (Fsp3) is 0.556. The Hall–Kier alpha value is -2.04. The van der Waals surface area contributed by atoms with Crippen molar-refractivity contribution in [2.24, 2.45) is 11.8 Å². The van der Waals surface area contributed by atoms with Gasteiger partial charge in [-0.1, -0.05) is 6.92 Å². The number of nitrogens with one attached hydrogen (secondary N) is 2. The van der Waals surface area contributed by atoms with E-state index in [1.54, 1.807) is 0 Å². The van der Waals surface area contributed by atoms with Gasteiger partial charge < -0.3 is 15.5 Å². The van der Waals surface area contributed by atoms with Crippen LogP contribution >= 0.6 is 0 Å². The quantitative estimate of drug-likeness (QED) is 0.900. The molecule has 2 fully saturated rings. The molecule has 2 aliphatic rings. The average Bonchev–Trinajstić information content (AvgIpc) is 2.56. The molecule has 0 spiro atoms. The van der Waals surface area contributed by atoms with E-state index < -0.39 is 0 Å². The Balaban J connectivity index is 1.57. The first-order valence-electron chi connectivity index (χ1n) is 8.54. The first-order valence-corrected chi connectivity index (χ1v) is 8.54. The minimum Gasteiger partial charge on any atom is -0.372 e. The largest absolute Gasteiger partial charge is 0.372 e. The van der Waals surface area contributed by atoms with E-state index >= 15 is 0 Å². The van der Waals surface area contributed by atoms with Crippen LogP contribution in [0.3, 0.4) is 0 Å². The Morgan fingerprint density at radius 1 is 1.17 bits per heavy atom. The van der Waals surface area contributed by atoms with Crippen LogP contribution in [-0.2, 0) is 9.59 Å². The highest BCUT2D eigenvalue weighted by Crippen LogP contribution is 2.24. The zero-order chi connectivity index (χ0) is 16.2. The van der Waals surface area contributed by atoms with Crippen LogP contribution in [0.15, 0.2) is 24.3 Å². The van der Waals surface area contributed by atoms with Crippen LogP contribution in [0.2, 0.25) is 0 Å². The molecule has 2 heterocycles. The van der Waals surface area contributed by atoms with E-state index in [1.807, 2.05) is 12.1 Å². The normalized spacial score (nSPS) is 22.6. The zero-order valence-electron chi connectivity index (χ0n) is 13.7. The minimum absolute atomic E-state index is 0.0360. The summed E-state index contributed by atoms with van der Waals surface area (Å²) in [5, 5.41) is 5.69. The second-order valence-corrected chi connectivity index (χ2v) is 6.75. The van der Waals surface area contributed by atoms with Gasteiger partial charge in [0, 0.05) is 43.3 Å². The summed E-state index contributed by atoms with van der Waals surface area (Å²) in [7, 11) is 0. The molecular weight excluding hydrogens is 290 g/mol. The van der Waals surface area contributed by atoms with E-state index in [0.29, 0.717) is 13.0 Å². The summed E-state index contributed by atoms with van der Waals surface area (Å²) in [6.45, 7) is 5.10. The first-order chi connectivity index (χ1) is 11.1. The summed E-state index contributed by atoms with van der Waals surface area (Å²) in [5.74, 6) is 0.509. The van der Waals surface area contributed by atoms with Gasteiger partial charge in [0.2, 0.25) is 11.8 Å². The third kappa shape index (κ3) is 4.03. The van der Waals surface area contributed by atoms with E-state index in [-0.39, 0.29) is 24.2 Å². The lowest BCUT2D eigenvalue weighted by Crippen LogP contribution is -2.38. The highest BCUT2D eigenvalue weighted by atomic mass is 16.2. The van der Waals surface area contributed by atoms with Crippen molar-refractivity contribution < 1.29 is 9.59 Å². The lowest BCUT2D eigenvalue weighted by molar-refractivity contribution is -0.129. The van der Waals surface area contributed by atoms with E-state index in [2.05, 4.69) is 34.6 Å². The highest BCUT2D eigenvalue weighted by molar-refractivity contribution is 5.95. The number of benzene rings is 1. The SMILES string of the molecule is CC1CCN(c2ccc(NC(=O)C3CCNC(=O)C3)cc2)CC1. The zero-order valence-corrected chi connectivity index (χ0v) is 13.7. The predicted octanol–water partition coefficient (Wildman–Crippen LogP) is 2.39. The molecule has 2 N–H and O–H groups in total. The number of carbonyl (C=O) groups is 2. The van der Waals surface area contributed by atoms with Gasteiger partial charge in [0.05, 0.1) is 0 Å². The van der Waals surface area contributed by atoms with Crippen molar-refractivity contribution in [3.8, 4) is 0 Å². The Kier molecular flexibility index (Phi) is 4.84. The van der Waals surface area contributed by atoms with E-state index in [4.69, 9.17) is 0 Å². The smallest absolute Gasteiger partial charge is 0.228 e. The van der Waals surface area contributed by atoms with Crippen molar-refractivity contribution in [2.75, 3.05) is 29.9 Å². The summed E-state index contributed by atoms with van der Waals surface area (Å²) in [5.41, 5.74) is 2.02. The van der Waals surface area contributed by atoms with E-state index in [1.165, 1.54) is 18.5 Å². The number of anilines is 2. The molecule has 5 nitrogen and oxygen atoms in total. The summed E-state index contributed by atoms with van der Waals surface area (Å²) < 4.78 is 0. The molecule has 0 aliphatic carbocycles. The van der Waals surface area contributed by atoms with Crippen LogP contribution in [0.4, 0.5) is 11.4 Å². The van der Waals surface area contributed by atoms with Gasteiger partial charge in [-0.25, -0.2) is 0 Å². The molecule has 0 aromatic heterocycles. The molecule has 0 radical (unpaired) electrons. The second-order valence-electron chi connectivity index (χ2n) is 6.75. The number of piperidine rings is 2. The van der Waals surface area contributed by atoms with Gasteiger partial charge >= 0.3 is 0 Å². The van der Waals surface area contributed by atoms with Crippen molar-refractivity contribution in [3.05, 3.63) is 24.3 Å². The molecule has 2 aliphatic heterocycles. The van der Waals surface area contributed by atoms with Gasteiger partial charge in [-0.2, -0.15) is 0 Å². The summed E-state index contributed by atoms with van der Waals surface area (Å²) >= 11 is 0. The lowest BCUT2D eigenvalue weighted by atomic mass is 9.96. The van der Waals surface area contributed by atoms with E-state index in [0.717, 1.165) is 24.7 Å². The van der Waals surface area contributed by atoms with Gasteiger partial charge in [-0.3, -0.25) is 9.59 Å². The highest BCUT2D eigenvalue weighted by Gasteiger charge is 2.25. The number of hydrogen-bond acceptors (Lipinski definition) is 3. The third-order valence-electron chi connectivity index (χ3n) is 4.90. The maximum Gasteiger partial charge on any atom is 0.228 e. The van der Waals surface area contributed by atoms with Crippen molar-refractivity contribution in [1.29, 1.82) is 0 Å². The number of amides is 2. The summed E-state index contributed by atoms with van der Waals surface area (Å²) in [6, 6.07) is 8.04. The molecule has 1 aromatic rings. The van der Waals surface area contributed by atoms with Crippen LogP contribution in [0.25, 0.3) is 0 Å². The maximum absolute atomic E-state index is 12.2. The molecule has 1 atom stereocenters. The van der Waals surface area contributed by atoms with Crippen LogP contribution in [0, 0.1) is 11.8 Å². The van der Waals surface area contributed by atoms with Gasteiger partial charge in [0.15, 0.2) is 0 Å². The Bertz CT molecular complexity index is 562. The molecule has 2 amide bonds. The second kappa shape index (κ2) is 7.02. The Morgan fingerprint density at radius 2 is 1.87 bits per heavy atom. The van der Waals surface area contributed by atoms with Crippen LogP contribution in [0.5, 0.6) is 0 Å². The van der Waals surface area contributed by atoms with Crippen LogP contribution < -0.4 is 15.5 Å². The Morgan fingerprint density at radius 3 is 2.52 bits per heavy atom. The van der Waals surface area contributed by atoms with Gasteiger partial charge in [-0.05, 0) is 49.4 Å². The fourth-order valence-electron chi connectivity index (χ4n) is 3.27. The molecule has 0 saturated carbocycles. The average molecular weight is 315 g/mol. The monoisotopic (exact) mass is 315 g/mol. The Labute approximate surface area is 137 Å². The van der Waals surface area contributed by atoms with Gasteiger partial charge in [0.1, 0.15) is 0 Å². The summed E-state index contributed by atoms with van der Waals surface area (Å²) in [6.07, 6.45) is 3.47. The topological polar surface area (TPSA) is 61.4 Å². The molecular formula is C18H25N3O2.